The van der Waals surface area contributed by atoms with Crippen LogP contribution in [-0.2, 0) is 4.79 Å². The first-order valence-corrected chi connectivity index (χ1v) is 9.74. The predicted octanol–water partition coefficient (Wildman–Crippen LogP) is 4.79. The first-order valence-electron chi connectivity index (χ1n) is 8.96. The van der Waals surface area contributed by atoms with E-state index >= 15 is 0 Å². The normalized spacial score (nSPS) is 15.3. The molecule has 0 spiro atoms. The maximum atomic E-state index is 12.9. The smallest absolute Gasteiger partial charge is 0.281 e. The van der Waals surface area contributed by atoms with Gasteiger partial charge in [0, 0.05) is 6.07 Å². The Morgan fingerprint density at radius 1 is 1.21 bits per heavy atom. The van der Waals surface area contributed by atoms with Gasteiger partial charge in [0.15, 0.2) is 16.6 Å². The summed E-state index contributed by atoms with van der Waals surface area (Å²) < 4.78 is 11.5. The average Bonchev–Trinajstić information content (AvgIpc) is 2.92. The molecule has 1 amide bonds. The summed E-state index contributed by atoms with van der Waals surface area (Å²) in [6.45, 7) is 6.23. The molecule has 0 aliphatic carbocycles. The van der Waals surface area contributed by atoms with Gasteiger partial charge in [-0.2, -0.15) is 0 Å². The second-order valence-corrected chi connectivity index (χ2v) is 7.18. The SMILES string of the molecule is CCOc1cc(/C=C2\NC(=S)N(c3ccccc3)C2=O)c(Cl)cc1OC(C)C. The van der Waals surface area contributed by atoms with E-state index < -0.39 is 0 Å². The van der Waals surface area contributed by atoms with Gasteiger partial charge in [0.05, 0.1) is 23.4 Å². The maximum Gasteiger partial charge on any atom is 0.281 e. The van der Waals surface area contributed by atoms with E-state index in [0.29, 0.717) is 45.2 Å². The van der Waals surface area contributed by atoms with Crippen LogP contribution in [0.4, 0.5) is 5.69 Å². The number of ether oxygens (including phenoxy) is 2. The lowest BCUT2D eigenvalue weighted by Crippen LogP contribution is -2.30. The molecule has 1 fully saturated rings. The fourth-order valence-electron chi connectivity index (χ4n) is 2.78. The zero-order valence-corrected chi connectivity index (χ0v) is 17.4. The Balaban J connectivity index is 1.96. The van der Waals surface area contributed by atoms with Crippen molar-refractivity contribution in [2.45, 2.75) is 26.9 Å². The van der Waals surface area contributed by atoms with Gasteiger partial charge in [-0.25, -0.2) is 0 Å². The third-order valence-electron chi connectivity index (χ3n) is 3.92. The van der Waals surface area contributed by atoms with Crippen LogP contribution in [0.15, 0.2) is 48.2 Å². The molecule has 1 aliphatic heterocycles. The Labute approximate surface area is 174 Å². The molecule has 1 saturated heterocycles. The lowest BCUT2D eigenvalue weighted by atomic mass is 10.1. The molecule has 1 N–H and O–H groups in total. The van der Waals surface area contributed by atoms with Gasteiger partial charge in [0.1, 0.15) is 5.70 Å². The highest BCUT2D eigenvalue weighted by Crippen LogP contribution is 2.35. The molecule has 5 nitrogen and oxygen atoms in total. The quantitative estimate of drug-likeness (QED) is 0.542. The Bertz CT molecular complexity index is 929. The predicted molar refractivity (Wildman–Crippen MR) is 116 cm³/mol. The van der Waals surface area contributed by atoms with E-state index in [2.05, 4.69) is 5.32 Å². The van der Waals surface area contributed by atoms with Gasteiger partial charge in [0.2, 0.25) is 0 Å². The summed E-state index contributed by atoms with van der Waals surface area (Å²) in [5, 5.41) is 3.74. The summed E-state index contributed by atoms with van der Waals surface area (Å²) in [7, 11) is 0. The number of anilines is 1. The minimum absolute atomic E-state index is 0.0191. The first-order chi connectivity index (χ1) is 13.4. The molecule has 0 atom stereocenters. The van der Waals surface area contributed by atoms with Gasteiger partial charge in [0.25, 0.3) is 5.91 Å². The number of thiocarbonyl (C=S) groups is 1. The summed E-state index contributed by atoms with van der Waals surface area (Å²) in [6.07, 6.45) is 1.65. The molecular weight excluding hydrogens is 396 g/mol. The number of hydrogen-bond acceptors (Lipinski definition) is 4. The molecule has 0 radical (unpaired) electrons. The number of rotatable bonds is 6. The monoisotopic (exact) mass is 416 g/mol. The summed E-state index contributed by atoms with van der Waals surface area (Å²) in [5.74, 6) is 0.893. The molecule has 0 saturated carbocycles. The highest BCUT2D eigenvalue weighted by molar-refractivity contribution is 7.80. The zero-order valence-electron chi connectivity index (χ0n) is 15.9. The van der Waals surface area contributed by atoms with Crippen molar-refractivity contribution in [1.29, 1.82) is 0 Å². The summed E-state index contributed by atoms with van der Waals surface area (Å²) >= 11 is 11.8. The molecule has 0 aromatic heterocycles. The summed E-state index contributed by atoms with van der Waals surface area (Å²) in [5.41, 5.74) is 1.68. The number of benzene rings is 2. The van der Waals surface area contributed by atoms with E-state index in [1.54, 1.807) is 18.2 Å². The van der Waals surface area contributed by atoms with Crippen molar-refractivity contribution in [3.8, 4) is 11.5 Å². The number of carbonyl (C=O) groups is 1. The fourth-order valence-corrected chi connectivity index (χ4v) is 3.28. The largest absolute Gasteiger partial charge is 0.490 e. The Kier molecular flexibility index (Phi) is 6.21. The first kappa shape index (κ1) is 20.2. The van der Waals surface area contributed by atoms with E-state index in [4.69, 9.17) is 33.3 Å². The molecule has 2 aromatic rings. The number of hydrogen-bond donors (Lipinski definition) is 1. The number of halogens is 1. The van der Waals surface area contributed by atoms with Crippen LogP contribution in [-0.4, -0.2) is 23.7 Å². The highest BCUT2D eigenvalue weighted by Gasteiger charge is 2.32. The third kappa shape index (κ3) is 4.29. The van der Waals surface area contributed by atoms with E-state index in [0.717, 1.165) is 0 Å². The zero-order chi connectivity index (χ0) is 20.3. The highest BCUT2D eigenvalue weighted by atomic mass is 35.5. The lowest BCUT2D eigenvalue weighted by molar-refractivity contribution is -0.113. The molecule has 1 heterocycles. The standard InChI is InChI=1S/C21H21ClN2O3S/c1-4-26-18-11-14(16(22)12-19(18)27-13(2)3)10-17-20(25)24(21(28)23-17)15-8-6-5-7-9-15/h5-13H,4H2,1-3H3,(H,23,28)/b17-10-. The summed E-state index contributed by atoms with van der Waals surface area (Å²) in [4.78, 5) is 14.3. The molecule has 0 unspecified atom stereocenters. The molecule has 1 aliphatic rings. The van der Waals surface area contributed by atoms with Crippen molar-refractivity contribution < 1.29 is 14.3 Å². The van der Waals surface area contributed by atoms with Gasteiger partial charge in [-0.1, -0.05) is 29.8 Å². The van der Waals surface area contributed by atoms with Crippen molar-refractivity contribution in [3.63, 3.8) is 0 Å². The van der Waals surface area contributed by atoms with Crippen LogP contribution < -0.4 is 19.7 Å². The van der Waals surface area contributed by atoms with Gasteiger partial charge in [-0.15, -0.1) is 0 Å². The maximum absolute atomic E-state index is 12.9. The van der Waals surface area contributed by atoms with Crippen LogP contribution in [0.2, 0.25) is 5.02 Å². The van der Waals surface area contributed by atoms with E-state index in [1.807, 2.05) is 51.1 Å². The average molecular weight is 417 g/mol. The van der Waals surface area contributed by atoms with Crippen LogP contribution in [0, 0.1) is 0 Å². The van der Waals surface area contributed by atoms with Gasteiger partial charge >= 0.3 is 0 Å². The number of nitrogens with one attached hydrogen (secondary N) is 1. The molecule has 2 aromatic carbocycles. The minimum Gasteiger partial charge on any atom is -0.490 e. The number of para-hydroxylation sites is 1. The van der Waals surface area contributed by atoms with Crippen molar-refractivity contribution in [2.24, 2.45) is 0 Å². The summed E-state index contributed by atoms with van der Waals surface area (Å²) in [6, 6.07) is 12.7. The van der Waals surface area contributed by atoms with Crippen LogP contribution in [0.1, 0.15) is 26.3 Å². The van der Waals surface area contributed by atoms with Crippen molar-refractivity contribution in [2.75, 3.05) is 11.5 Å². The van der Waals surface area contributed by atoms with Crippen LogP contribution in [0.5, 0.6) is 11.5 Å². The fraction of sp³-hybridized carbons (Fsp3) is 0.238. The molecule has 3 rings (SSSR count). The molecule has 146 valence electrons. The number of carbonyl (C=O) groups excluding carboxylic acids is 1. The lowest BCUT2D eigenvalue weighted by Gasteiger charge is -2.16. The topological polar surface area (TPSA) is 50.8 Å². The molecule has 0 bridgehead atoms. The Morgan fingerprint density at radius 3 is 2.57 bits per heavy atom. The number of amides is 1. The number of nitrogens with zero attached hydrogens (tertiary/aromatic N) is 1. The van der Waals surface area contributed by atoms with Gasteiger partial charge in [-0.05, 0) is 62.8 Å². The minimum atomic E-state index is -0.243. The van der Waals surface area contributed by atoms with Crippen LogP contribution in [0.3, 0.4) is 0 Å². The van der Waals surface area contributed by atoms with E-state index in [-0.39, 0.29) is 12.0 Å². The Morgan fingerprint density at radius 2 is 1.93 bits per heavy atom. The molecular formula is C21H21ClN2O3S. The second-order valence-electron chi connectivity index (χ2n) is 6.38. The van der Waals surface area contributed by atoms with Gasteiger partial charge < -0.3 is 14.8 Å². The molecule has 28 heavy (non-hydrogen) atoms. The molecule has 7 heteroatoms. The van der Waals surface area contributed by atoms with Crippen molar-refractivity contribution in [1.82, 2.24) is 5.32 Å². The van der Waals surface area contributed by atoms with Crippen LogP contribution in [0.25, 0.3) is 6.08 Å². The van der Waals surface area contributed by atoms with Crippen molar-refractivity contribution >= 4 is 46.6 Å². The van der Waals surface area contributed by atoms with E-state index in [9.17, 15) is 4.79 Å². The second kappa shape index (κ2) is 8.63. The third-order valence-corrected chi connectivity index (χ3v) is 4.53. The van der Waals surface area contributed by atoms with Crippen molar-refractivity contribution in [3.05, 3.63) is 58.7 Å². The van der Waals surface area contributed by atoms with Crippen LogP contribution >= 0.6 is 23.8 Å². The van der Waals surface area contributed by atoms with Gasteiger partial charge in [-0.3, -0.25) is 9.69 Å². The Hall–Kier alpha value is -2.57. The van der Waals surface area contributed by atoms with E-state index in [1.165, 1.54) is 4.90 Å².